The van der Waals surface area contributed by atoms with Gasteiger partial charge in [0.1, 0.15) is 0 Å². The van der Waals surface area contributed by atoms with E-state index < -0.39 is 0 Å². The molecule has 0 aliphatic heterocycles. The van der Waals surface area contributed by atoms with Gasteiger partial charge in [0.2, 0.25) is 0 Å². The third-order valence-electron chi connectivity index (χ3n) is 1.36. The van der Waals surface area contributed by atoms with Gasteiger partial charge in [0.25, 0.3) is 0 Å². The van der Waals surface area contributed by atoms with Crippen LogP contribution in [0.1, 0.15) is 19.3 Å². The molecule has 1 saturated carbocycles. The van der Waals surface area contributed by atoms with Crippen molar-refractivity contribution in [3.63, 3.8) is 0 Å². The molecular formula is C6H8O2. The average molecular weight is 112 g/mol. The molecule has 0 radical (unpaired) electrons. The largest absolute Gasteiger partial charge is 0.515 e. The van der Waals surface area contributed by atoms with E-state index in [1.165, 1.54) is 0 Å². The van der Waals surface area contributed by atoms with Crippen LogP contribution >= 0.6 is 0 Å². The first kappa shape index (κ1) is 5.35. The number of ketones is 1. The highest BCUT2D eigenvalue weighted by Gasteiger charge is 2.15. The monoisotopic (exact) mass is 112 g/mol. The van der Waals surface area contributed by atoms with Gasteiger partial charge in [-0.25, -0.2) is 0 Å². The number of Topliss-reactive ketones (excluding diaryl/α,β-unsaturated/α-hetero) is 1. The molecule has 0 spiro atoms. The molecule has 1 N–H and O–H groups in total. The van der Waals surface area contributed by atoms with Crippen molar-refractivity contribution in [2.75, 3.05) is 0 Å². The Morgan fingerprint density at radius 2 is 2.25 bits per heavy atom. The molecule has 1 rings (SSSR count). The molecule has 0 atom stereocenters. The van der Waals surface area contributed by atoms with Crippen molar-refractivity contribution in [3.8, 4) is 0 Å². The van der Waals surface area contributed by atoms with Crippen molar-refractivity contribution in [2.45, 2.75) is 19.3 Å². The van der Waals surface area contributed by atoms with Crippen LogP contribution in [0.25, 0.3) is 0 Å². The molecule has 1 fully saturated rings. The van der Waals surface area contributed by atoms with E-state index in [0.717, 1.165) is 19.1 Å². The lowest BCUT2D eigenvalue weighted by Crippen LogP contribution is -1.89. The molecule has 44 valence electrons. The van der Waals surface area contributed by atoms with Crippen LogP contribution in [0, 0.1) is 0 Å². The standard InChI is InChI=1S/C6H8O2/c7-4-5-2-1-3-6(5)8/h4,7H,1-3H2/b5-4+. The summed E-state index contributed by atoms with van der Waals surface area (Å²) in [6.45, 7) is 0. The third kappa shape index (κ3) is 0.735. The number of hydrogen-bond donors (Lipinski definition) is 1. The van der Waals surface area contributed by atoms with E-state index >= 15 is 0 Å². The van der Waals surface area contributed by atoms with Crippen LogP contribution in [0.3, 0.4) is 0 Å². The summed E-state index contributed by atoms with van der Waals surface area (Å²) >= 11 is 0. The maximum atomic E-state index is 10.6. The topological polar surface area (TPSA) is 37.3 Å². The third-order valence-corrected chi connectivity index (χ3v) is 1.36. The molecule has 1 aliphatic rings. The Bertz CT molecular complexity index is 135. The summed E-state index contributed by atoms with van der Waals surface area (Å²) in [5.74, 6) is 0.104. The number of carbonyl (C=O) groups excluding carboxylic acids is 1. The lowest BCUT2D eigenvalue weighted by Gasteiger charge is -1.84. The normalized spacial score (nSPS) is 25.0. The summed E-state index contributed by atoms with van der Waals surface area (Å²) in [6.07, 6.45) is 3.21. The summed E-state index contributed by atoms with van der Waals surface area (Å²) in [5.41, 5.74) is 0.588. The van der Waals surface area contributed by atoms with E-state index in [9.17, 15) is 4.79 Å². The lowest BCUT2D eigenvalue weighted by molar-refractivity contribution is -0.114. The number of carbonyl (C=O) groups is 1. The van der Waals surface area contributed by atoms with Gasteiger partial charge in [0.05, 0.1) is 6.26 Å². The number of aliphatic hydroxyl groups excluding tert-OH is 1. The summed E-state index contributed by atoms with van der Waals surface area (Å²) in [7, 11) is 0. The highest BCUT2D eigenvalue weighted by atomic mass is 16.2. The Hall–Kier alpha value is -0.790. The van der Waals surface area contributed by atoms with Crippen LogP contribution in [0.15, 0.2) is 11.8 Å². The Balaban J connectivity index is 2.69. The molecule has 0 saturated heterocycles. The second kappa shape index (κ2) is 1.99. The van der Waals surface area contributed by atoms with Gasteiger partial charge in [-0.1, -0.05) is 0 Å². The minimum atomic E-state index is 0.104. The van der Waals surface area contributed by atoms with Gasteiger partial charge in [0.15, 0.2) is 5.78 Å². The second-order valence-electron chi connectivity index (χ2n) is 1.93. The fraction of sp³-hybridized carbons (Fsp3) is 0.500. The number of hydrogen-bond acceptors (Lipinski definition) is 2. The Morgan fingerprint density at radius 1 is 1.50 bits per heavy atom. The molecule has 0 amide bonds. The summed E-state index contributed by atoms with van der Waals surface area (Å²) in [5, 5.41) is 8.35. The van der Waals surface area contributed by atoms with E-state index in [2.05, 4.69) is 0 Å². The number of rotatable bonds is 0. The van der Waals surface area contributed by atoms with Gasteiger partial charge in [-0.05, 0) is 12.8 Å². The molecule has 2 nitrogen and oxygen atoms in total. The van der Waals surface area contributed by atoms with Gasteiger partial charge >= 0.3 is 0 Å². The molecule has 0 heterocycles. The lowest BCUT2D eigenvalue weighted by atomic mass is 10.2. The quantitative estimate of drug-likeness (QED) is 0.377. The predicted molar refractivity (Wildman–Crippen MR) is 29.6 cm³/mol. The van der Waals surface area contributed by atoms with E-state index in [0.29, 0.717) is 12.0 Å². The Morgan fingerprint density at radius 3 is 2.50 bits per heavy atom. The van der Waals surface area contributed by atoms with Crippen molar-refractivity contribution in [1.29, 1.82) is 0 Å². The van der Waals surface area contributed by atoms with E-state index in [1.54, 1.807) is 0 Å². The van der Waals surface area contributed by atoms with E-state index in [1.807, 2.05) is 0 Å². The van der Waals surface area contributed by atoms with Crippen LogP contribution in [0.5, 0.6) is 0 Å². The first-order valence-electron chi connectivity index (χ1n) is 2.71. The summed E-state index contributed by atoms with van der Waals surface area (Å²) in [6, 6.07) is 0. The van der Waals surface area contributed by atoms with Crippen LogP contribution in [-0.2, 0) is 4.79 Å². The van der Waals surface area contributed by atoms with Gasteiger partial charge < -0.3 is 5.11 Å². The maximum absolute atomic E-state index is 10.6. The van der Waals surface area contributed by atoms with Crippen LogP contribution in [0.4, 0.5) is 0 Å². The molecule has 8 heavy (non-hydrogen) atoms. The zero-order valence-electron chi connectivity index (χ0n) is 4.55. The second-order valence-corrected chi connectivity index (χ2v) is 1.93. The fourth-order valence-corrected chi connectivity index (χ4v) is 0.876. The predicted octanol–water partition coefficient (Wildman–Crippen LogP) is 1.18. The molecule has 2 heteroatoms. The number of aliphatic hydroxyl groups is 1. The van der Waals surface area contributed by atoms with Crippen molar-refractivity contribution in [2.24, 2.45) is 0 Å². The molecule has 0 aromatic rings. The van der Waals surface area contributed by atoms with Gasteiger partial charge in [-0.2, -0.15) is 0 Å². The van der Waals surface area contributed by atoms with Crippen molar-refractivity contribution >= 4 is 5.78 Å². The first-order chi connectivity index (χ1) is 3.84. The minimum Gasteiger partial charge on any atom is -0.515 e. The molecule has 0 bridgehead atoms. The van der Waals surface area contributed by atoms with E-state index in [4.69, 9.17) is 5.11 Å². The average Bonchev–Trinajstić information content (AvgIpc) is 2.14. The molecule has 0 aromatic carbocycles. The van der Waals surface area contributed by atoms with Crippen LogP contribution < -0.4 is 0 Å². The zero-order valence-corrected chi connectivity index (χ0v) is 4.55. The molecule has 0 aromatic heterocycles. The minimum absolute atomic E-state index is 0.104. The zero-order chi connectivity index (χ0) is 5.98. The van der Waals surface area contributed by atoms with Crippen molar-refractivity contribution in [1.82, 2.24) is 0 Å². The highest BCUT2D eigenvalue weighted by Crippen LogP contribution is 2.18. The Kier molecular flexibility index (Phi) is 1.33. The van der Waals surface area contributed by atoms with Gasteiger partial charge in [0, 0.05) is 12.0 Å². The van der Waals surface area contributed by atoms with Crippen LogP contribution in [-0.4, -0.2) is 10.9 Å². The van der Waals surface area contributed by atoms with Gasteiger partial charge in [-0.15, -0.1) is 0 Å². The SMILES string of the molecule is O=C1CCC/C1=C\O. The van der Waals surface area contributed by atoms with Crippen molar-refractivity contribution < 1.29 is 9.90 Å². The van der Waals surface area contributed by atoms with Crippen molar-refractivity contribution in [3.05, 3.63) is 11.8 Å². The summed E-state index contributed by atoms with van der Waals surface area (Å²) < 4.78 is 0. The smallest absolute Gasteiger partial charge is 0.161 e. The van der Waals surface area contributed by atoms with E-state index in [-0.39, 0.29) is 5.78 Å². The molecular weight excluding hydrogens is 104 g/mol. The van der Waals surface area contributed by atoms with Gasteiger partial charge in [-0.3, -0.25) is 4.79 Å². The fourth-order valence-electron chi connectivity index (χ4n) is 0.876. The maximum Gasteiger partial charge on any atom is 0.161 e. The first-order valence-corrected chi connectivity index (χ1v) is 2.71. The Labute approximate surface area is 47.8 Å². The molecule has 1 aliphatic carbocycles. The number of allylic oxidation sites excluding steroid dienone is 1. The summed E-state index contributed by atoms with van der Waals surface area (Å²) in [4.78, 5) is 10.6. The van der Waals surface area contributed by atoms with Crippen LogP contribution in [0.2, 0.25) is 0 Å². The molecule has 0 unspecified atom stereocenters. The highest BCUT2D eigenvalue weighted by molar-refractivity contribution is 5.96.